The SMILES string of the molecule is CCOc1cc2oc(-c3oc4ccccc4c(=O)c3O)c(C)c2c2ccccc12. The van der Waals surface area contributed by atoms with E-state index in [0.29, 0.717) is 28.9 Å². The second-order valence-corrected chi connectivity index (χ2v) is 6.89. The summed E-state index contributed by atoms with van der Waals surface area (Å²) in [5.41, 5.74) is 1.30. The Bertz CT molecular complexity index is 1460. The summed E-state index contributed by atoms with van der Waals surface area (Å²) in [6.07, 6.45) is 0. The molecule has 29 heavy (non-hydrogen) atoms. The van der Waals surface area contributed by atoms with Gasteiger partial charge in [-0.3, -0.25) is 4.79 Å². The van der Waals surface area contributed by atoms with E-state index in [2.05, 4.69) is 0 Å². The average Bonchev–Trinajstić information content (AvgIpc) is 3.07. The summed E-state index contributed by atoms with van der Waals surface area (Å²) in [6.45, 7) is 4.35. The van der Waals surface area contributed by atoms with Gasteiger partial charge in [0.1, 0.15) is 16.9 Å². The lowest BCUT2D eigenvalue weighted by Gasteiger charge is -2.08. The van der Waals surface area contributed by atoms with Crippen molar-refractivity contribution >= 4 is 32.7 Å². The van der Waals surface area contributed by atoms with E-state index in [0.717, 1.165) is 27.5 Å². The molecule has 144 valence electrons. The van der Waals surface area contributed by atoms with Gasteiger partial charge in [0.15, 0.2) is 5.76 Å². The van der Waals surface area contributed by atoms with Crippen LogP contribution in [0.3, 0.4) is 0 Å². The predicted molar refractivity (Wildman–Crippen MR) is 113 cm³/mol. The molecule has 2 heterocycles. The highest BCUT2D eigenvalue weighted by Crippen LogP contribution is 2.42. The molecule has 0 unspecified atom stereocenters. The Morgan fingerprint density at radius 2 is 1.55 bits per heavy atom. The second kappa shape index (κ2) is 6.41. The molecule has 0 aliphatic rings. The highest BCUT2D eigenvalue weighted by Gasteiger charge is 2.23. The smallest absolute Gasteiger partial charge is 0.235 e. The lowest BCUT2D eigenvalue weighted by atomic mass is 10.0. The van der Waals surface area contributed by atoms with Crippen LogP contribution in [0.15, 0.2) is 68.2 Å². The zero-order valence-electron chi connectivity index (χ0n) is 16.0. The van der Waals surface area contributed by atoms with Gasteiger partial charge in [0.05, 0.1) is 12.0 Å². The van der Waals surface area contributed by atoms with E-state index in [9.17, 15) is 9.90 Å². The molecule has 5 nitrogen and oxygen atoms in total. The van der Waals surface area contributed by atoms with Crippen molar-refractivity contribution in [1.82, 2.24) is 0 Å². The molecule has 1 N–H and O–H groups in total. The normalized spacial score (nSPS) is 11.5. The van der Waals surface area contributed by atoms with Crippen molar-refractivity contribution in [3.8, 4) is 23.0 Å². The van der Waals surface area contributed by atoms with Crippen molar-refractivity contribution in [2.24, 2.45) is 0 Å². The first-order valence-corrected chi connectivity index (χ1v) is 9.43. The molecule has 0 saturated carbocycles. The first-order chi connectivity index (χ1) is 14.1. The monoisotopic (exact) mass is 386 g/mol. The number of furan rings is 1. The molecule has 5 heteroatoms. The number of para-hydroxylation sites is 1. The largest absolute Gasteiger partial charge is 0.501 e. The third kappa shape index (κ3) is 2.51. The van der Waals surface area contributed by atoms with Crippen LogP contribution in [0.1, 0.15) is 12.5 Å². The van der Waals surface area contributed by atoms with Gasteiger partial charge in [0, 0.05) is 22.4 Å². The van der Waals surface area contributed by atoms with Gasteiger partial charge in [0.25, 0.3) is 0 Å². The fraction of sp³-hybridized carbons (Fsp3) is 0.125. The summed E-state index contributed by atoms with van der Waals surface area (Å²) >= 11 is 0. The minimum Gasteiger partial charge on any atom is -0.501 e. The Balaban J connectivity index is 1.87. The molecule has 0 spiro atoms. The molecule has 3 aromatic carbocycles. The third-order valence-corrected chi connectivity index (χ3v) is 5.18. The minimum atomic E-state index is -0.485. The van der Waals surface area contributed by atoms with E-state index < -0.39 is 11.2 Å². The van der Waals surface area contributed by atoms with Crippen LogP contribution < -0.4 is 10.2 Å². The topological polar surface area (TPSA) is 72.8 Å². The van der Waals surface area contributed by atoms with Crippen LogP contribution in [0, 0.1) is 6.92 Å². The van der Waals surface area contributed by atoms with Crippen molar-refractivity contribution in [2.45, 2.75) is 13.8 Å². The number of rotatable bonds is 3. The van der Waals surface area contributed by atoms with Crippen LogP contribution in [-0.2, 0) is 0 Å². The van der Waals surface area contributed by atoms with Crippen LogP contribution in [0.5, 0.6) is 11.5 Å². The summed E-state index contributed by atoms with van der Waals surface area (Å²) in [5.74, 6) is 0.629. The van der Waals surface area contributed by atoms with Gasteiger partial charge in [-0.1, -0.05) is 36.4 Å². The Kier molecular flexibility index (Phi) is 3.84. The number of aromatic hydroxyl groups is 1. The van der Waals surface area contributed by atoms with Crippen LogP contribution >= 0.6 is 0 Å². The van der Waals surface area contributed by atoms with Crippen molar-refractivity contribution in [1.29, 1.82) is 0 Å². The lowest BCUT2D eigenvalue weighted by molar-refractivity contribution is 0.344. The number of fused-ring (bicyclic) bond motifs is 4. The molecule has 5 aromatic rings. The van der Waals surface area contributed by atoms with Gasteiger partial charge < -0.3 is 18.7 Å². The zero-order chi connectivity index (χ0) is 20.1. The van der Waals surface area contributed by atoms with E-state index in [-0.39, 0.29) is 5.76 Å². The Morgan fingerprint density at radius 3 is 2.31 bits per heavy atom. The summed E-state index contributed by atoms with van der Waals surface area (Å²) in [5, 5.41) is 13.7. The van der Waals surface area contributed by atoms with E-state index >= 15 is 0 Å². The summed E-state index contributed by atoms with van der Waals surface area (Å²) in [6, 6.07) is 16.6. The van der Waals surface area contributed by atoms with Gasteiger partial charge in [-0.25, -0.2) is 0 Å². The standard InChI is InChI=1S/C24H18O5/c1-3-27-18-12-19-20(15-9-5-4-8-14(15)18)13(2)23(29-19)24-22(26)21(25)16-10-6-7-11-17(16)28-24/h4-12,26H,3H2,1-2H3. The molecule has 5 rings (SSSR count). The molecule has 0 fully saturated rings. The van der Waals surface area contributed by atoms with Crippen molar-refractivity contribution in [2.75, 3.05) is 6.61 Å². The molecule has 0 atom stereocenters. The molecule has 0 aliphatic heterocycles. The van der Waals surface area contributed by atoms with Crippen molar-refractivity contribution in [3.63, 3.8) is 0 Å². The summed E-state index contributed by atoms with van der Waals surface area (Å²) in [7, 11) is 0. The molecular weight excluding hydrogens is 368 g/mol. The highest BCUT2D eigenvalue weighted by atomic mass is 16.5. The van der Waals surface area contributed by atoms with E-state index in [4.69, 9.17) is 13.6 Å². The molecule has 0 saturated heterocycles. The fourth-order valence-corrected chi connectivity index (χ4v) is 3.86. The Hall–Kier alpha value is -3.73. The maximum atomic E-state index is 12.6. The van der Waals surface area contributed by atoms with E-state index in [1.807, 2.05) is 44.2 Å². The maximum Gasteiger partial charge on any atom is 0.235 e. The average molecular weight is 386 g/mol. The van der Waals surface area contributed by atoms with Crippen LogP contribution in [0.25, 0.3) is 44.2 Å². The Morgan fingerprint density at radius 1 is 0.897 bits per heavy atom. The predicted octanol–water partition coefficient (Wildman–Crippen LogP) is 5.77. The maximum absolute atomic E-state index is 12.6. The molecule has 0 aliphatic carbocycles. The fourth-order valence-electron chi connectivity index (χ4n) is 3.86. The zero-order valence-corrected chi connectivity index (χ0v) is 16.0. The van der Waals surface area contributed by atoms with Gasteiger partial charge in [-0.15, -0.1) is 0 Å². The van der Waals surface area contributed by atoms with Crippen LogP contribution in [-0.4, -0.2) is 11.7 Å². The number of aryl methyl sites for hydroxylation is 1. The second-order valence-electron chi connectivity index (χ2n) is 6.89. The van der Waals surface area contributed by atoms with Gasteiger partial charge in [0.2, 0.25) is 16.9 Å². The number of ether oxygens (including phenoxy) is 1. The van der Waals surface area contributed by atoms with E-state index in [1.54, 1.807) is 24.3 Å². The summed E-state index contributed by atoms with van der Waals surface area (Å²) in [4.78, 5) is 12.6. The van der Waals surface area contributed by atoms with Gasteiger partial charge >= 0.3 is 0 Å². The number of hydrogen-bond acceptors (Lipinski definition) is 5. The summed E-state index contributed by atoms with van der Waals surface area (Å²) < 4.78 is 17.8. The minimum absolute atomic E-state index is 0.0319. The lowest BCUT2D eigenvalue weighted by Crippen LogP contribution is -2.02. The van der Waals surface area contributed by atoms with E-state index in [1.165, 1.54) is 0 Å². The highest BCUT2D eigenvalue weighted by molar-refractivity contribution is 6.11. The molecule has 0 amide bonds. The quantitative estimate of drug-likeness (QED) is 0.426. The first-order valence-electron chi connectivity index (χ1n) is 9.43. The first kappa shape index (κ1) is 17.4. The van der Waals surface area contributed by atoms with Crippen molar-refractivity contribution in [3.05, 3.63) is 70.4 Å². The number of benzene rings is 3. The number of hydrogen-bond donors (Lipinski definition) is 1. The van der Waals surface area contributed by atoms with Gasteiger partial charge in [-0.2, -0.15) is 0 Å². The molecule has 0 radical (unpaired) electrons. The van der Waals surface area contributed by atoms with Crippen LogP contribution in [0.4, 0.5) is 0 Å². The molecular formula is C24H18O5. The molecule has 0 bridgehead atoms. The third-order valence-electron chi connectivity index (χ3n) is 5.18. The Labute approximate surface area is 165 Å². The molecule has 2 aromatic heterocycles. The van der Waals surface area contributed by atoms with Gasteiger partial charge in [-0.05, 0) is 31.4 Å². The van der Waals surface area contributed by atoms with Crippen molar-refractivity contribution < 1.29 is 18.7 Å². The van der Waals surface area contributed by atoms with Crippen LogP contribution in [0.2, 0.25) is 0 Å².